The number of piperazine rings is 1. The van der Waals surface area contributed by atoms with E-state index in [1.165, 1.54) is 0 Å². The van der Waals surface area contributed by atoms with Gasteiger partial charge in [-0.15, -0.1) is 0 Å². The summed E-state index contributed by atoms with van der Waals surface area (Å²) >= 11 is 0. The number of hydrogen-bond acceptors (Lipinski definition) is 4. The first-order valence-electron chi connectivity index (χ1n) is 11.1. The molecule has 156 valence electrons. The van der Waals surface area contributed by atoms with Crippen LogP contribution in [-0.2, 0) is 0 Å². The van der Waals surface area contributed by atoms with Crippen molar-refractivity contribution in [1.82, 2.24) is 14.5 Å². The van der Waals surface area contributed by atoms with E-state index >= 15 is 0 Å². The average molecular weight is 411 g/mol. The summed E-state index contributed by atoms with van der Waals surface area (Å²) in [6.45, 7) is 3.96. The minimum Gasteiger partial charge on any atom is -0.368 e. The van der Waals surface area contributed by atoms with Crippen LogP contribution in [0.2, 0.25) is 0 Å². The predicted molar refractivity (Wildman–Crippen MR) is 126 cm³/mol. The van der Waals surface area contributed by atoms with E-state index in [0.29, 0.717) is 5.92 Å². The van der Waals surface area contributed by atoms with Gasteiger partial charge in [-0.05, 0) is 43.1 Å². The highest BCUT2D eigenvalue weighted by molar-refractivity contribution is 5.93. The summed E-state index contributed by atoms with van der Waals surface area (Å²) in [7, 11) is 2.15. The Morgan fingerprint density at radius 2 is 1.68 bits per heavy atom. The van der Waals surface area contributed by atoms with Gasteiger partial charge in [0.25, 0.3) is 5.56 Å². The highest BCUT2D eigenvalue weighted by Crippen LogP contribution is 2.50. The summed E-state index contributed by atoms with van der Waals surface area (Å²) in [4.78, 5) is 23.2. The molecule has 2 fully saturated rings. The Kier molecular flexibility index (Phi) is 4.32. The summed E-state index contributed by atoms with van der Waals surface area (Å²) in [5, 5.41) is 3.04. The van der Waals surface area contributed by atoms with Crippen molar-refractivity contribution in [3.05, 3.63) is 82.9 Å². The number of likely N-dealkylation sites (N-methyl/N-ethyl adjacent to an activating group) is 1. The molecular formula is C26H26N4O. The number of nitrogens with zero attached hydrogens (tertiary/aromatic N) is 4. The normalized spacial score (nSPS) is 21.6. The molecule has 5 heteroatoms. The Bertz CT molecular complexity index is 1340. The van der Waals surface area contributed by atoms with Gasteiger partial charge in [-0.2, -0.15) is 0 Å². The Hall–Kier alpha value is -3.18. The fourth-order valence-electron chi connectivity index (χ4n) is 4.95. The second-order valence-electron chi connectivity index (χ2n) is 8.90. The summed E-state index contributed by atoms with van der Waals surface area (Å²) in [5.74, 6) is 0.301. The summed E-state index contributed by atoms with van der Waals surface area (Å²) in [6.07, 6.45) is 2.94. The van der Waals surface area contributed by atoms with Crippen LogP contribution in [0.15, 0.2) is 71.7 Å². The lowest BCUT2D eigenvalue weighted by Gasteiger charge is -2.34. The zero-order valence-corrected chi connectivity index (χ0v) is 17.7. The van der Waals surface area contributed by atoms with Gasteiger partial charge in [0, 0.05) is 55.4 Å². The third-order valence-electron chi connectivity index (χ3n) is 6.90. The van der Waals surface area contributed by atoms with E-state index in [-0.39, 0.29) is 11.6 Å². The van der Waals surface area contributed by atoms with Crippen molar-refractivity contribution in [3.63, 3.8) is 0 Å². The molecule has 0 amide bonds. The van der Waals surface area contributed by atoms with Gasteiger partial charge in [0.1, 0.15) is 0 Å². The van der Waals surface area contributed by atoms with E-state index in [1.807, 2.05) is 22.9 Å². The lowest BCUT2D eigenvalue weighted by atomic mass is 10.1. The Labute approximate surface area is 181 Å². The molecule has 0 bridgehead atoms. The molecule has 1 saturated heterocycles. The molecule has 1 saturated carbocycles. The molecule has 2 aromatic heterocycles. The van der Waals surface area contributed by atoms with E-state index < -0.39 is 0 Å². The molecule has 3 heterocycles. The number of rotatable bonds is 3. The standard InChI is InChI=1S/C26H26N4O/c1-28-13-15-29(16-14-28)23-8-4-6-19-11-12-30(26(31)25(19)23)24-17-20(24)22-10-9-18-5-2-3-7-21(18)27-22/h2-12,20,24H,13-17H2,1H3/t20-,24-/m1/s1. The molecule has 31 heavy (non-hydrogen) atoms. The van der Waals surface area contributed by atoms with Crippen LogP contribution in [0, 0.1) is 0 Å². The predicted octanol–water partition coefficient (Wildman–Crippen LogP) is 4.03. The van der Waals surface area contributed by atoms with Crippen molar-refractivity contribution in [2.24, 2.45) is 0 Å². The van der Waals surface area contributed by atoms with Gasteiger partial charge < -0.3 is 14.4 Å². The summed E-state index contributed by atoms with van der Waals surface area (Å²) in [6, 6.07) is 21.0. The molecule has 2 aromatic carbocycles. The number of hydrogen-bond donors (Lipinski definition) is 0. The van der Waals surface area contributed by atoms with Crippen molar-refractivity contribution >= 4 is 27.4 Å². The Morgan fingerprint density at radius 1 is 0.871 bits per heavy atom. The molecule has 0 spiro atoms. The van der Waals surface area contributed by atoms with Gasteiger partial charge in [-0.1, -0.05) is 36.4 Å². The van der Waals surface area contributed by atoms with Crippen LogP contribution in [0.4, 0.5) is 5.69 Å². The van der Waals surface area contributed by atoms with Gasteiger partial charge in [-0.3, -0.25) is 9.78 Å². The minimum absolute atomic E-state index is 0.125. The fourth-order valence-corrected chi connectivity index (χ4v) is 4.95. The van der Waals surface area contributed by atoms with Crippen molar-refractivity contribution in [2.75, 3.05) is 38.1 Å². The van der Waals surface area contributed by atoms with Gasteiger partial charge in [-0.25, -0.2) is 0 Å². The molecule has 2 atom stereocenters. The smallest absolute Gasteiger partial charge is 0.260 e. The number of pyridine rings is 2. The van der Waals surface area contributed by atoms with Crippen LogP contribution in [0.5, 0.6) is 0 Å². The Morgan fingerprint density at radius 3 is 2.55 bits per heavy atom. The summed E-state index contributed by atoms with van der Waals surface area (Å²) in [5.41, 5.74) is 3.31. The van der Waals surface area contributed by atoms with Crippen LogP contribution < -0.4 is 10.5 Å². The lowest BCUT2D eigenvalue weighted by molar-refractivity contribution is 0.313. The molecular weight excluding hydrogens is 384 g/mol. The second-order valence-corrected chi connectivity index (χ2v) is 8.90. The zero-order valence-electron chi connectivity index (χ0n) is 17.7. The first-order valence-corrected chi connectivity index (χ1v) is 11.1. The SMILES string of the molecule is CN1CCN(c2cccc3ccn([C@@H]4C[C@@H]4c4ccc5ccccc5n4)c(=O)c23)CC1. The van der Waals surface area contributed by atoms with Crippen LogP contribution in [0.1, 0.15) is 24.1 Å². The van der Waals surface area contributed by atoms with Gasteiger partial charge in [0.2, 0.25) is 0 Å². The van der Waals surface area contributed by atoms with Gasteiger partial charge in [0.05, 0.1) is 16.6 Å². The summed E-state index contributed by atoms with van der Waals surface area (Å²) < 4.78 is 1.95. The molecule has 0 radical (unpaired) electrons. The third kappa shape index (κ3) is 3.20. The molecule has 1 aliphatic heterocycles. The third-order valence-corrected chi connectivity index (χ3v) is 6.90. The number of aromatic nitrogens is 2. The monoisotopic (exact) mass is 410 g/mol. The zero-order chi connectivity index (χ0) is 20.9. The van der Waals surface area contributed by atoms with E-state index in [1.54, 1.807) is 0 Å². The maximum absolute atomic E-state index is 13.6. The second kappa shape index (κ2) is 7.20. The number of benzene rings is 2. The van der Waals surface area contributed by atoms with E-state index in [2.05, 4.69) is 65.4 Å². The van der Waals surface area contributed by atoms with Crippen molar-refractivity contribution < 1.29 is 0 Å². The highest BCUT2D eigenvalue weighted by Gasteiger charge is 2.41. The van der Waals surface area contributed by atoms with Crippen LogP contribution >= 0.6 is 0 Å². The molecule has 6 rings (SSSR count). The quantitative estimate of drug-likeness (QED) is 0.511. The van der Waals surface area contributed by atoms with Gasteiger partial charge >= 0.3 is 0 Å². The maximum Gasteiger partial charge on any atom is 0.260 e. The molecule has 1 aliphatic carbocycles. The van der Waals surface area contributed by atoms with Crippen LogP contribution in [0.25, 0.3) is 21.7 Å². The highest BCUT2D eigenvalue weighted by atomic mass is 16.1. The molecule has 0 unspecified atom stereocenters. The maximum atomic E-state index is 13.6. The number of anilines is 1. The van der Waals surface area contributed by atoms with Crippen molar-refractivity contribution in [2.45, 2.75) is 18.4 Å². The molecule has 0 N–H and O–H groups in total. The van der Waals surface area contributed by atoms with E-state index in [4.69, 9.17) is 4.98 Å². The van der Waals surface area contributed by atoms with Crippen molar-refractivity contribution in [3.8, 4) is 0 Å². The Balaban J connectivity index is 1.36. The average Bonchev–Trinajstić information content (AvgIpc) is 3.60. The molecule has 5 nitrogen and oxygen atoms in total. The lowest BCUT2D eigenvalue weighted by Crippen LogP contribution is -2.44. The topological polar surface area (TPSA) is 41.4 Å². The minimum atomic E-state index is 0.125. The first-order chi connectivity index (χ1) is 15.2. The van der Waals surface area contributed by atoms with Crippen LogP contribution in [0.3, 0.4) is 0 Å². The van der Waals surface area contributed by atoms with Crippen molar-refractivity contribution in [1.29, 1.82) is 0 Å². The largest absolute Gasteiger partial charge is 0.368 e. The number of fused-ring (bicyclic) bond motifs is 2. The first kappa shape index (κ1) is 18.6. The van der Waals surface area contributed by atoms with Gasteiger partial charge in [0.15, 0.2) is 0 Å². The fraction of sp³-hybridized carbons (Fsp3) is 0.308. The van der Waals surface area contributed by atoms with Crippen LogP contribution in [-0.4, -0.2) is 47.7 Å². The number of para-hydroxylation sites is 1. The molecule has 2 aliphatic rings. The molecule has 4 aromatic rings. The van der Waals surface area contributed by atoms with E-state index in [9.17, 15) is 4.79 Å². The van der Waals surface area contributed by atoms with E-state index in [0.717, 1.165) is 65.7 Å².